The molecule has 0 saturated carbocycles. The van der Waals surface area contributed by atoms with Gasteiger partial charge in [0, 0.05) is 9.06 Å². The SMILES string of the molecule is BrC1=CC2=Cc3[c-]cccc3C2S1.[Cl][Zr][Cl].[SH-].c1ccc2[cH-]ccc2c1. The van der Waals surface area contributed by atoms with E-state index in [9.17, 15) is 0 Å². The Labute approximate surface area is 192 Å². The Balaban J connectivity index is 0.000000165. The average molecular weight is 560 g/mol. The summed E-state index contributed by atoms with van der Waals surface area (Å²) in [7, 11) is 9.87. The van der Waals surface area contributed by atoms with Gasteiger partial charge in [-0.2, -0.15) is 17.5 Å². The first-order valence-corrected chi connectivity index (χ1v) is 15.6. The van der Waals surface area contributed by atoms with Gasteiger partial charge in [-0.3, -0.25) is 0 Å². The Hall–Kier alpha value is 0.173. The third-order valence-electron chi connectivity index (χ3n) is 3.88. The van der Waals surface area contributed by atoms with E-state index in [-0.39, 0.29) is 13.5 Å². The number of benzene rings is 2. The fourth-order valence-corrected chi connectivity index (χ4v) is 4.69. The molecule has 0 spiro atoms. The van der Waals surface area contributed by atoms with Crippen LogP contribution in [0.4, 0.5) is 0 Å². The largest absolute Gasteiger partial charge is 0.813 e. The molecule has 134 valence electrons. The molecule has 0 radical (unpaired) electrons. The first-order valence-electron chi connectivity index (χ1n) is 7.55. The Bertz CT molecular complexity index is 891. The summed E-state index contributed by atoms with van der Waals surface area (Å²) in [6, 6.07) is 24.1. The quantitative estimate of drug-likeness (QED) is 0.158. The molecule has 5 rings (SSSR count). The number of halogens is 3. The minimum Gasteiger partial charge on any atom is -0.813 e. The van der Waals surface area contributed by atoms with E-state index in [0.29, 0.717) is 5.25 Å². The van der Waals surface area contributed by atoms with Crippen LogP contribution in [-0.2, 0) is 34.3 Å². The molecule has 1 atom stereocenters. The van der Waals surface area contributed by atoms with Crippen molar-refractivity contribution < 1.29 is 20.8 Å². The van der Waals surface area contributed by atoms with Crippen LogP contribution in [0, 0.1) is 6.07 Å². The van der Waals surface area contributed by atoms with Crippen LogP contribution >= 0.6 is 44.7 Å². The van der Waals surface area contributed by atoms with Crippen molar-refractivity contribution in [3.05, 3.63) is 93.3 Å². The van der Waals surface area contributed by atoms with Crippen molar-refractivity contribution in [2.75, 3.05) is 0 Å². The van der Waals surface area contributed by atoms with E-state index in [4.69, 9.17) is 17.0 Å². The maximum atomic E-state index is 4.93. The van der Waals surface area contributed by atoms with Crippen molar-refractivity contribution in [3.8, 4) is 0 Å². The van der Waals surface area contributed by atoms with E-state index >= 15 is 0 Å². The predicted octanol–water partition coefficient (Wildman–Crippen LogP) is 7.57. The second-order valence-electron chi connectivity index (χ2n) is 5.36. The zero-order valence-electron chi connectivity index (χ0n) is 13.5. The van der Waals surface area contributed by atoms with Gasteiger partial charge in [-0.25, -0.2) is 0 Å². The van der Waals surface area contributed by atoms with Gasteiger partial charge in [0.05, 0.1) is 0 Å². The Morgan fingerprint density at radius 3 is 2.62 bits per heavy atom. The third kappa shape index (κ3) is 5.59. The van der Waals surface area contributed by atoms with E-state index in [1.807, 2.05) is 17.8 Å². The molecule has 3 aromatic carbocycles. The normalized spacial score (nSPS) is 15.9. The van der Waals surface area contributed by atoms with Gasteiger partial charge in [0.25, 0.3) is 0 Å². The number of hydrogen-bond donors (Lipinski definition) is 0. The van der Waals surface area contributed by atoms with Gasteiger partial charge in [0.2, 0.25) is 0 Å². The Morgan fingerprint density at radius 2 is 1.85 bits per heavy atom. The summed E-state index contributed by atoms with van der Waals surface area (Å²) in [4.78, 5) is 0. The Morgan fingerprint density at radius 1 is 1.08 bits per heavy atom. The van der Waals surface area contributed by atoms with Crippen LogP contribution in [-0.4, -0.2) is 0 Å². The standard InChI is InChI=1S/C11H6BrS.C9H7.2ClH.H2S.Zr/c12-10-6-8-5-7-3-1-2-4-9(7)11(8)13-10;1-2-5-9-7-3-6-8(9)4-1;;;;/h1-2,4-6,11H;1-7H;2*1H;1H2;/q2*-1;;;;+2/p-3. The summed E-state index contributed by atoms with van der Waals surface area (Å²) in [5.74, 6) is 0. The molecule has 0 bridgehead atoms. The van der Waals surface area contributed by atoms with E-state index in [1.54, 1.807) is 0 Å². The first-order chi connectivity index (χ1) is 12.2. The van der Waals surface area contributed by atoms with Crippen molar-refractivity contribution >= 4 is 75.1 Å². The van der Waals surface area contributed by atoms with Crippen molar-refractivity contribution in [1.29, 1.82) is 0 Å². The van der Waals surface area contributed by atoms with Gasteiger partial charge >= 0.3 is 37.9 Å². The first kappa shape index (κ1) is 22.5. The molecule has 0 nitrogen and oxygen atoms in total. The molecule has 1 aliphatic heterocycles. The van der Waals surface area contributed by atoms with E-state index < -0.39 is 20.8 Å². The molecule has 26 heavy (non-hydrogen) atoms. The molecule has 3 aromatic rings. The minimum absolute atomic E-state index is 0. The second kappa shape index (κ2) is 11.2. The summed E-state index contributed by atoms with van der Waals surface area (Å²) in [6.07, 6.45) is 4.42. The van der Waals surface area contributed by atoms with Gasteiger partial charge in [0.1, 0.15) is 0 Å². The van der Waals surface area contributed by atoms with Crippen LogP contribution in [0.2, 0.25) is 0 Å². The van der Waals surface area contributed by atoms with Crippen LogP contribution in [0.25, 0.3) is 16.8 Å². The number of fused-ring (bicyclic) bond motifs is 4. The van der Waals surface area contributed by atoms with E-state index in [0.717, 1.165) is 0 Å². The van der Waals surface area contributed by atoms with Gasteiger partial charge in [-0.1, -0.05) is 11.6 Å². The fraction of sp³-hybridized carbons (Fsp3) is 0.0500. The number of hydrogen-bond acceptors (Lipinski definition) is 2. The van der Waals surface area contributed by atoms with Gasteiger partial charge in [-0.05, 0) is 22.0 Å². The topological polar surface area (TPSA) is 0 Å². The number of allylic oxidation sites excluding steroid dienone is 1. The van der Waals surface area contributed by atoms with Crippen molar-refractivity contribution in [3.63, 3.8) is 0 Å². The van der Waals surface area contributed by atoms with Gasteiger partial charge < -0.3 is 13.5 Å². The fourth-order valence-electron chi connectivity index (χ4n) is 2.83. The molecule has 0 aromatic heterocycles. The maximum Gasteiger partial charge on any atom is -0.0809 e. The monoisotopic (exact) mass is 557 g/mol. The molecular weight excluding hydrogens is 546 g/mol. The van der Waals surface area contributed by atoms with Gasteiger partial charge in [-0.15, -0.1) is 82.9 Å². The molecule has 0 saturated heterocycles. The number of rotatable bonds is 0. The average Bonchev–Trinajstić information content (AvgIpc) is 3.29. The molecule has 1 heterocycles. The van der Waals surface area contributed by atoms with E-state index in [1.165, 1.54) is 31.3 Å². The van der Waals surface area contributed by atoms with Crippen LogP contribution in [0.5, 0.6) is 0 Å². The summed E-state index contributed by atoms with van der Waals surface area (Å²) in [5.41, 5.74) is 4.05. The molecule has 1 aliphatic carbocycles. The van der Waals surface area contributed by atoms with E-state index in [2.05, 4.69) is 88.7 Å². The number of thioether (sulfide) groups is 1. The summed E-state index contributed by atoms with van der Waals surface area (Å²) in [6.45, 7) is 0. The molecule has 2 aliphatic rings. The molecule has 0 amide bonds. The summed E-state index contributed by atoms with van der Waals surface area (Å²) in [5, 5.41) is 3.18. The molecule has 0 fully saturated rings. The van der Waals surface area contributed by atoms with Crippen molar-refractivity contribution in [2.45, 2.75) is 5.25 Å². The molecule has 0 N–H and O–H groups in total. The van der Waals surface area contributed by atoms with Crippen molar-refractivity contribution in [1.82, 2.24) is 0 Å². The molecule has 1 unspecified atom stereocenters. The summed E-state index contributed by atoms with van der Waals surface area (Å²) >= 11 is 4.56. The summed E-state index contributed by atoms with van der Waals surface area (Å²) < 4.78 is 1.23. The zero-order valence-corrected chi connectivity index (χ0v) is 20.8. The van der Waals surface area contributed by atoms with Crippen LogP contribution in [0.3, 0.4) is 0 Å². The van der Waals surface area contributed by atoms with Crippen LogP contribution in [0.15, 0.2) is 76.1 Å². The maximum absolute atomic E-state index is 4.93. The second-order valence-corrected chi connectivity index (χ2v) is 11.6. The smallest absolute Gasteiger partial charge is 0.0809 e. The zero-order chi connectivity index (χ0) is 17.6. The van der Waals surface area contributed by atoms with Crippen molar-refractivity contribution in [2.24, 2.45) is 0 Å². The minimum atomic E-state index is -0.826. The van der Waals surface area contributed by atoms with Crippen LogP contribution < -0.4 is 0 Å². The van der Waals surface area contributed by atoms with Crippen LogP contribution in [0.1, 0.15) is 16.4 Å². The third-order valence-corrected chi connectivity index (χ3v) is 5.77. The number of thiol groups is 1. The molecule has 6 heteroatoms. The Kier molecular flexibility index (Phi) is 9.71. The van der Waals surface area contributed by atoms with Gasteiger partial charge in [0.15, 0.2) is 0 Å². The molecular formula is C20H14BrCl2S2Zr-3. The predicted molar refractivity (Wildman–Crippen MR) is 121 cm³/mol.